The number of nitrogen functional groups attached to an aromatic ring is 2. The van der Waals surface area contributed by atoms with E-state index in [-0.39, 0.29) is 12.1 Å². The molecule has 0 aliphatic carbocycles. The Balaban J connectivity index is 1.46. The molecule has 10 nitrogen and oxygen atoms in total. The van der Waals surface area contributed by atoms with E-state index in [4.69, 9.17) is 16.6 Å². The van der Waals surface area contributed by atoms with Crippen molar-refractivity contribution in [3.8, 4) is 16.9 Å². The molecule has 3 aromatic carbocycles. The van der Waals surface area contributed by atoms with Crippen LogP contribution in [0.5, 0.6) is 0 Å². The second kappa shape index (κ2) is 8.52. The first-order valence-corrected chi connectivity index (χ1v) is 12.4. The fraction of sp³-hybridized carbons (Fsp3) is 0.0690. The third-order valence-electron chi connectivity index (χ3n) is 6.99. The fourth-order valence-corrected chi connectivity index (χ4v) is 5.24. The van der Waals surface area contributed by atoms with Crippen LogP contribution in [0.3, 0.4) is 0 Å². The summed E-state index contributed by atoms with van der Waals surface area (Å²) in [7, 11) is 0. The Labute approximate surface area is 221 Å². The first-order valence-electron chi connectivity index (χ1n) is 12.4. The first-order chi connectivity index (χ1) is 19.0. The molecule has 0 fully saturated rings. The summed E-state index contributed by atoms with van der Waals surface area (Å²) >= 11 is 0. The van der Waals surface area contributed by atoms with Crippen molar-refractivity contribution in [3.63, 3.8) is 0 Å². The summed E-state index contributed by atoms with van der Waals surface area (Å²) in [6, 6.07) is 23.2. The lowest BCUT2D eigenvalue weighted by Gasteiger charge is -2.16. The number of nitrogens with two attached hydrogens (primary N) is 2. The number of imidazole rings is 1. The van der Waals surface area contributed by atoms with E-state index in [1.54, 1.807) is 9.25 Å². The number of aromatic amines is 1. The molecule has 0 radical (unpaired) electrons. The van der Waals surface area contributed by atoms with Gasteiger partial charge in [0.05, 0.1) is 28.4 Å². The third kappa shape index (κ3) is 3.61. The fourth-order valence-electron chi connectivity index (χ4n) is 5.24. The van der Waals surface area contributed by atoms with Gasteiger partial charge in [-0.25, -0.2) is 19.6 Å². The molecule has 0 amide bonds. The van der Waals surface area contributed by atoms with Gasteiger partial charge in [0.2, 0.25) is 0 Å². The van der Waals surface area contributed by atoms with Gasteiger partial charge < -0.3 is 16.5 Å². The van der Waals surface area contributed by atoms with E-state index in [0.29, 0.717) is 33.9 Å². The van der Waals surface area contributed by atoms with Crippen molar-refractivity contribution in [2.75, 3.05) is 11.5 Å². The zero-order valence-corrected chi connectivity index (χ0v) is 21.0. The minimum Gasteiger partial charge on any atom is -0.383 e. The summed E-state index contributed by atoms with van der Waals surface area (Å²) in [6.07, 6.45) is 1.42. The van der Waals surface area contributed by atoms with Crippen LogP contribution in [-0.4, -0.2) is 34.3 Å². The number of anilines is 2. The number of aromatic nitrogens is 7. The molecule has 0 spiro atoms. The number of fused-ring (bicyclic) bond motifs is 3. The van der Waals surface area contributed by atoms with Crippen molar-refractivity contribution in [2.45, 2.75) is 13.5 Å². The summed E-state index contributed by atoms with van der Waals surface area (Å²) < 4.78 is 3.51. The highest BCUT2D eigenvalue weighted by molar-refractivity contribution is 5.99. The molecule has 0 bridgehead atoms. The Hall–Kier alpha value is -5.51. The molecule has 0 atom stereocenters. The summed E-state index contributed by atoms with van der Waals surface area (Å²) in [5, 5.41) is 7.14. The van der Waals surface area contributed by atoms with Gasteiger partial charge in [0, 0.05) is 16.9 Å². The topological polar surface area (TPSA) is 146 Å². The predicted octanol–water partition coefficient (Wildman–Crippen LogP) is 4.19. The monoisotopic (exact) mass is 513 g/mol. The van der Waals surface area contributed by atoms with Gasteiger partial charge in [0.15, 0.2) is 11.6 Å². The van der Waals surface area contributed by atoms with Gasteiger partial charge in [0.1, 0.15) is 17.8 Å². The minimum atomic E-state index is -0.0834. The molecule has 0 aliphatic rings. The predicted molar refractivity (Wildman–Crippen MR) is 153 cm³/mol. The highest BCUT2D eigenvalue weighted by atomic mass is 16.1. The van der Waals surface area contributed by atoms with Crippen molar-refractivity contribution in [1.29, 1.82) is 0 Å². The van der Waals surface area contributed by atoms with Crippen molar-refractivity contribution in [1.82, 2.24) is 34.3 Å². The molecule has 0 unspecified atom stereocenters. The average molecular weight is 514 g/mol. The minimum absolute atomic E-state index is 0.0834. The van der Waals surface area contributed by atoms with E-state index < -0.39 is 0 Å². The lowest BCUT2D eigenvalue weighted by molar-refractivity contribution is 0.672. The third-order valence-corrected chi connectivity index (χ3v) is 6.99. The Morgan fingerprint density at radius 2 is 1.77 bits per heavy atom. The summed E-state index contributed by atoms with van der Waals surface area (Å²) in [5.74, 6) is 0.658. The van der Waals surface area contributed by atoms with Gasteiger partial charge >= 0.3 is 0 Å². The molecule has 39 heavy (non-hydrogen) atoms. The maximum atomic E-state index is 13.9. The Morgan fingerprint density at radius 1 is 0.923 bits per heavy atom. The van der Waals surface area contributed by atoms with Gasteiger partial charge in [-0.05, 0) is 48.2 Å². The van der Waals surface area contributed by atoms with Crippen molar-refractivity contribution < 1.29 is 0 Å². The molecule has 190 valence electrons. The smallest absolute Gasteiger partial charge is 0.263 e. The molecule has 7 rings (SSSR count). The number of hydrogen-bond acceptors (Lipinski definition) is 7. The quantitative estimate of drug-likeness (QED) is 0.320. The number of nitrogens with one attached hydrogen (secondary N) is 1. The Kier molecular flexibility index (Phi) is 4.95. The van der Waals surface area contributed by atoms with Gasteiger partial charge in [-0.15, -0.1) is 0 Å². The molecule has 4 aromatic heterocycles. The molecule has 4 heterocycles. The summed E-state index contributed by atoms with van der Waals surface area (Å²) in [5.41, 5.74) is 18.1. The second-order valence-corrected chi connectivity index (χ2v) is 9.47. The molecular formula is C29H23N9O. The number of para-hydroxylation sites is 1. The van der Waals surface area contributed by atoms with Crippen LogP contribution < -0.4 is 17.0 Å². The zero-order chi connectivity index (χ0) is 26.7. The van der Waals surface area contributed by atoms with Crippen molar-refractivity contribution in [2.24, 2.45) is 0 Å². The van der Waals surface area contributed by atoms with E-state index in [9.17, 15) is 4.79 Å². The highest BCUT2D eigenvalue weighted by Gasteiger charge is 2.20. The number of nitrogens with zero attached hydrogens (tertiary/aromatic N) is 6. The van der Waals surface area contributed by atoms with Crippen LogP contribution >= 0.6 is 0 Å². The normalized spacial score (nSPS) is 11.6. The van der Waals surface area contributed by atoms with Crippen LogP contribution in [0, 0.1) is 6.92 Å². The van der Waals surface area contributed by atoms with Crippen LogP contribution in [0.15, 0.2) is 83.9 Å². The SMILES string of the molecule is Cc1cccc2cc(Cn3nc(-c4ccc5nc(N)[nH]c5c4)c4c(N)ncnc43)n(-c3ccccc3)c(=O)c12. The van der Waals surface area contributed by atoms with E-state index in [0.717, 1.165) is 38.9 Å². The Bertz CT molecular complexity index is 2110. The summed E-state index contributed by atoms with van der Waals surface area (Å²) in [4.78, 5) is 30.0. The van der Waals surface area contributed by atoms with E-state index >= 15 is 0 Å². The van der Waals surface area contributed by atoms with Crippen LogP contribution in [0.25, 0.3) is 49.8 Å². The van der Waals surface area contributed by atoms with Crippen molar-refractivity contribution >= 4 is 44.6 Å². The summed E-state index contributed by atoms with van der Waals surface area (Å²) in [6.45, 7) is 2.23. The number of aryl methyl sites for hydroxylation is 1. The van der Waals surface area contributed by atoms with Gasteiger partial charge in [-0.3, -0.25) is 9.36 Å². The van der Waals surface area contributed by atoms with Crippen LogP contribution in [0.4, 0.5) is 11.8 Å². The van der Waals surface area contributed by atoms with Gasteiger partial charge in [0.25, 0.3) is 5.56 Å². The highest BCUT2D eigenvalue weighted by Crippen LogP contribution is 2.32. The molecule has 10 heteroatoms. The van der Waals surface area contributed by atoms with Crippen LogP contribution in [-0.2, 0) is 6.54 Å². The standard InChI is InChI=1S/C29H23N9O/c1-16-6-5-7-17-12-20(38(28(39)23(16)17)19-8-3-2-4-9-19)14-37-27-24(26(30)32-15-33-27)25(36-37)18-10-11-21-22(13-18)35-29(31)34-21/h2-13,15H,14H2,1H3,(H2,30,32,33)(H3,31,34,35). The lowest BCUT2D eigenvalue weighted by Crippen LogP contribution is -2.24. The molecule has 7 aromatic rings. The van der Waals surface area contributed by atoms with Crippen LogP contribution in [0.2, 0.25) is 0 Å². The Morgan fingerprint density at radius 3 is 2.62 bits per heavy atom. The van der Waals surface area contributed by atoms with Crippen molar-refractivity contribution in [3.05, 3.63) is 101 Å². The number of rotatable bonds is 4. The lowest BCUT2D eigenvalue weighted by atomic mass is 10.1. The van der Waals surface area contributed by atoms with E-state index in [2.05, 4.69) is 19.9 Å². The number of H-pyrrole nitrogens is 1. The maximum Gasteiger partial charge on any atom is 0.263 e. The van der Waals surface area contributed by atoms with E-state index in [1.807, 2.05) is 79.7 Å². The van der Waals surface area contributed by atoms with Gasteiger partial charge in [-0.2, -0.15) is 5.10 Å². The maximum absolute atomic E-state index is 13.9. The number of pyridine rings is 1. The average Bonchev–Trinajstić information content (AvgIpc) is 3.49. The number of hydrogen-bond donors (Lipinski definition) is 3. The molecule has 0 aliphatic heterocycles. The molecular weight excluding hydrogens is 490 g/mol. The molecule has 0 saturated carbocycles. The largest absolute Gasteiger partial charge is 0.383 e. The molecule has 5 N–H and O–H groups in total. The van der Waals surface area contributed by atoms with Gasteiger partial charge in [-0.1, -0.05) is 42.5 Å². The number of benzene rings is 3. The van der Waals surface area contributed by atoms with Crippen LogP contribution in [0.1, 0.15) is 11.3 Å². The first kappa shape index (κ1) is 22.7. The zero-order valence-electron chi connectivity index (χ0n) is 21.0. The molecule has 0 saturated heterocycles. The second-order valence-electron chi connectivity index (χ2n) is 9.47. The van der Waals surface area contributed by atoms with E-state index in [1.165, 1.54) is 6.33 Å².